The summed E-state index contributed by atoms with van der Waals surface area (Å²) in [5, 5.41) is -0.767. The first-order valence-corrected chi connectivity index (χ1v) is 16.6. The number of allylic oxidation sites excluding steroid dienone is 4. The predicted molar refractivity (Wildman–Crippen MR) is 158 cm³/mol. The maximum absolute atomic E-state index is 13.7. The van der Waals surface area contributed by atoms with E-state index in [-0.39, 0.29) is 27.4 Å². The van der Waals surface area contributed by atoms with Crippen LogP contribution in [0.3, 0.4) is 0 Å². The lowest BCUT2D eigenvalue weighted by Crippen LogP contribution is -2.28. The third-order valence-electron chi connectivity index (χ3n) is 7.79. The lowest BCUT2D eigenvalue weighted by atomic mass is 9.67. The average molecular weight is 555 g/mol. The van der Waals surface area contributed by atoms with Crippen LogP contribution in [0.4, 0.5) is 0 Å². The summed E-state index contributed by atoms with van der Waals surface area (Å²) < 4.78 is 52.9. The van der Waals surface area contributed by atoms with Crippen molar-refractivity contribution in [2.75, 3.05) is 5.75 Å². The first kappa shape index (κ1) is 30.1. The fourth-order valence-electron chi connectivity index (χ4n) is 5.42. The summed E-state index contributed by atoms with van der Waals surface area (Å²) in [6.07, 6.45) is 10.2. The minimum Gasteiger partial charge on any atom is -0.223 e. The summed E-state index contributed by atoms with van der Waals surface area (Å²) in [4.78, 5) is 0.550. The molecular weight excluding hydrogens is 512 g/mol. The van der Waals surface area contributed by atoms with Crippen LogP contribution in [0.5, 0.6) is 0 Å². The molecule has 0 saturated heterocycles. The zero-order valence-electron chi connectivity index (χ0n) is 23.4. The maximum Gasteiger partial charge on any atom is 0.185 e. The van der Waals surface area contributed by atoms with E-state index in [4.69, 9.17) is 0 Å². The molecule has 0 spiro atoms. The Kier molecular flexibility index (Phi) is 9.99. The molecule has 0 bridgehead atoms. The van der Waals surface area contributed by atoms with Crippen LogP contribution in [0.15, 0.2) is 105 Å². The summed E-state index contributed by atoms with van der Waals surface area (Å²) in [5.74, 6) is 0.319. The molecule has 0 saturated carbocycles. The first-order valence-electron chi connectivity index (χ1n) is 13.4. The molecule has 0 fully saturated rings. The summed E-state index contributed by atoms with van der Waals surface area (Å²) in [6, 6.07) is 16.9. The van der Waals surface area contributed by atoms with Crippen LogP contribution in [-0.4, -0.2) is 27.8 Å². The van der Waals surface area contributed by atoms with Gasteiger partial charge in [-0.2, -0.15) is 0 Å². The van der Waals surface area contributed by atoms with Gasteiger partial charge < -0.3 is 0 Å². The van der Waals surface area contributed by atoms with Gasteiger partial charge in [0.1, 0.15) is 0 Å². The van der Waals surface area contributed by atoms with Crippen molar-refractivity contribution in [3.8, 4) is 0 Å². The molecule has 0 amide bonds. The quantitative estimate of drug-likeness (QED) is 0.266. The van der Waals surface area contributed by atoms with Crippen LogP contribution in [0.2, 0.25) is 0 Å². The van der Waals surface area contributed by atoms with Crippen LogP contribution in [0.25, 0.3) is 0 Å². The molecule has 1 aliphatic carbocycles. The highest BCUT2D eigenvalue weighted by molar-refractivity contribution is 7.92. The van der Waals surface area contributed by atoms with Crippen molar-refractivity contribution in [2.24, 2.45) is 11.3 Å². The van der Waals surface area contributed by atoms with Gasteiger partial charge in [-0.25, -0.2) is 16.8 Å². The Bertz CT molecular complexity index is 1380. The van der Waals surface area contributed by atoms with Crippen LogP contribution in [0.1, 0.15) is 66.7 Å². The van der Waals surface area contributed by atoms with Gasteiger partial charge in [0.15, 0.2) is 19.7 Å². The van der Waals surface area contributed by atoms with Crippen LogP contribution < -0.4 is 0 Å². The number of sulfone groups is 2. The Morgan fingerprint density at radius 2 is 1.50 bits per heavy atom. The number of benzene rings is 2. The van der Waals surface area contributed by atoms with Crippen molar-refractivity contribution in [3.05, 3.63) is 95.6 Å². The highest BCUT2D eigenvalue weighted by atomic mass is 32.2. The molecule has 0 aromatic heterocycles. The van der Waals surface area contributed by atoms with Crippen molar-refractivity contribution >= 4 is 19.7 Å². The van der Waals surface area contributed by atoms with E-state index in [1.165, 1.54) is 12.0 Å². The maximum atomic E-state index is 13.7. The van der Waals surface area contributed by atoms with E-state index in [1.54, 1.807) is 66.7 Å². The highest BCUT2D eigenvalue weighted by Gasteiger charge is 2.32. The van der Waals surface area contributed by atoms with Gasteiger partial charge in [-0.05, 0) is 88.5 Å². The number of hydrogen-bond donors (Lipinski definition) is 0. The fourth-order valence-corrected chi connectivity index (χ4v) is 8.46. The minimum atomic E-state index is -3.65. The van der Waals surface area contributed by atoms with Gasteiger partial charge in [-0.3, -0.25) is 0 Å². The zero-order valence-corrected chi connectivity index (χ0v) is 25.0. The third kappa shape index (κ3) is 7.79. The Balaban J connectivity index is 1.84. The fraction of sp³-hybridized carbons (Fsp3) is 0.438. The molecule has 2 aromatic rings. The standard InChI is InChI=1S/C32H42O4S2/c1-25(18-19-31-27(3)13-12-21-32(31,4)5)23-30(38(35,36)29-16-10-7-11-17-29)24-26(2)20-22-37(33,34)28-14-8-6-9-15-28/h6-11,13-17,20,23,30-31H,12,18-19,21-22,24H2,1-5H3/b25-23+,26-20+. The van der Waals surface area contributed by atoms with Crippen LogP contribution >= 0.6 is 0 Å². The lowest BCUT2D eigenvalue weighted by molar-refractivity contribution is 0.204. The SMILES string of the molecule is CC1=CCCC(C)(C)C1CC/C(C)=C/C(C/C(C)=C/CS(=O)(=O)c1ccccc1)S(=O)(=O)c1ccccc1. The molecule has 3 rings (SSSR count). The normalized spacial score (nSPS) is 19.6. The molecule has 38 heavy (non-hydrogen) atoms. The van der Waals surface area contributed by atoms with Gasteiger partial charge in [-0.1, -0.05) is 85.2 Å². The van der Waals surface area contributed by atoms with E-state index in [2.05, 4.69) is 26.8 Å². The summed E-state index contributed by atoms with van der Waals surface area (Å²) in [6.45, 7) is 10.7. The zero-order chi connectivity index (χ0) is 28.0. The molecule has 6 heteroatoms. The van der Waals surface area contributed by atoms with Gasteiger partial charge in [-0.15, -0.1) is 0 Å². The van der Waals surface area contributed by atoms with E-state index in [9.17, 15) is 16.8 Å². The Morgan fingerprint density at radius 1 is 0.921 bits per heavy atom. The topological polar surface area (TPSA) is 68.3 Å². The molecule has 206 valence electrons. The van der Waals surface area contributed by atoms with Crippen molar-refractivity contribution < 1.29 is 16.8 Å². The van der Waals surface area contributed by atoms with Crippen molar-refractivity contribution in [1.82, 2.24) is 0 Å². The van der Waals surface area contributed by atoms with Crippen molar-refractivity contribution in [3.63, 3.8) is 0 Å². The van der Waals surface area contributed by atoms with E-state index in [1.807, 2.05) is 19.9 Å². The molecule has 0 radical (unpaired) electrons. The number of rotatable bonds is 11. The lowest BCUT2D eigenvalue weighted by Gasteiger charge is -2.38. The minimum absolute atomic E-state index is 0.161. The molecule has 1 aliphatic rings. The molecular formula is C32H42O4S2. The largest absolute Gasteiger partial charge is 0.223 e. The molecule has 4 nitrogen and oxygen atoms in total. The van der Waals surface area contributed by atoms with Crippen LogP contribution in [0, 0.1) is 11.3 Å². The Labute approximate surface area is 230 Å². The van der Waals surface area contributed by atoms with Gasteiger partial charge in [0, 0.05) is 0 Å². The summed E-state index contributed by atoms with van der Waals surface area (Å²) in [5.41, 5.74) is 3.46. The van der Waals surface area contributed by atoms with E-state index in [0.717, 1.165) is 30.4 Å². The van der Waals surface area contributed by atoms with Gasteiger partial charge in [0.25, 0.3) is 0 Å². The van der Waals surface area contributed by atoms with Gasteiger partial charge >= 0.3 is 0 Å². The predicted octanol–water partition coefficient (Wildman–Crippen LogP) is 7.75. The van der Waals surface area contributed by atoms with E-state index < -0.39 is 24.9 Å². The van der Waals surface area contributed by atoms with Crippen LogP contribution in [-0.2, 0) is 19.7 Å². The molecule has 2 atom stereocenters. The Hall–Kier alpha value is -2.44. The second-order valence-corrected chi connectivity index (χ2v) is 15.5. The second-order valence-electron chi connectivity index (χ2n) is 11.3. The first-order chi connectivity index (χ1) is 17.8. The average Bonchev–Trinajstić information content (AvgIpc) is 2.87. The smallest absolute Gasteiger partial charge is 0.185 e. The highest BCUT2D eigenvalue weighted by Crippen LogP contribution is 2.43. The van der Waals surface area contributed by atoms with Crippen molar-refractivity contribution in [1.29, 1.82) is 0 Å². The molecule has 2 aromatic carbocycles. The number of hydrogen-bond acceptors (Lipinski definition) is 4. The van der Waals surface area contributed by atoms with E-state index >= 15 is 0 Å². The van der Waals surface area contributed by atoms with Gasteiger partial charge in [0.05, 0.1) is 20.8 Å². The molecule has 2 unspecified atom stereocenters. The molecule has 0 N–H and O–H groups in total. The van der Waals surface area contributed by atoms with E-state index in [0.29, 0.717) is 5.92 Å². The van der Waals surface area contributed by atoms with Crippen molar-refractivity contribution in [2.45, 2.75) is 81.8 Å². The monoisotopic (exact) mass is 554 g/mol. The summed E-state index contributed by atoms with van der Waals surface area (Å²) >= 11 is 0. The van der Waals surface area contributed by atoms with Gasteiger partial charge in [0.2, 0.25) is 0 Å². The molecule has 0 aliphatic heterocycles. The third-order valence-corrected chi connectivity index (χ3v) is 11.4. The molecule has 0 heterocycles. The second kappa shape index (κ2) is 12.6. The summed E-state index contributed by atoms with van der Waals surface area (Å²) in [7, 11) is -7.14. The Morgan fingerprint density at radius 3 is 2.08 bits per heavy atom.